The minimum atomic E-state index is -0.439. The second-order valence-electron chi connectivity index (χ2n) is 5.99. The molecular formula is C18H17Cl2N5OS. The lowest BCUT2D eigenvalue weighted by atomic mass is 10.1. The molecule has 0 spiro atoms. The summed E-state index contributed by atoms with van der Waals surface area (Å²) >= 11 is 13.3. The van der Waals surface area contributed by atoms with Crippen LogP contribution in [0.4, 0.5) is 5.69 Å². The van der Waals surface area contributed by atoms with Gasteiger partial charge in [-0.15, -0.1) is 5.10 Å². The molecule has 1 heterocycles. The van der Waals surface area contributed by atoms with Crippen LogP contribution in [0.3, 0.4) is 0 Å². The van der Waals surface area contributed by atoms with Crippen LogP contribution in [-0.2, 0) is 4.79 Å². The maximum atomic E-state index is 12.6. The summed E-state index contributed by atoms with van der Waals surface area (Å²) in [6, 6.07) is 10.9. The number of amides is 1. The highest BCUT2D eigenvalue weighted by Gasteiger charge is 2.21. The number of nitrogens with zero attached hydrogens (tertiary/aromatic N) is 4. The SMILES string of the molecule is Cc1cccc(C)c1-n1nnnc1SC(C)C(=O)Nc1ccc(Cl)cc1Cl. The Kier molecular flexibility index (Phi) is 6.04. The lowest BCUT2D eigenvalue weighted by Gasteiger charge is -2.14. The molecule has 1 aromatic heterocycles. The van der Waals surface area contributed by atoms with E-state index in [2.05, 4.69) is 20.8 Å². The highest BCUT2D eigenvalue weighted by molar-refractivity contribution is 8.00. The number of carbonyl (C=O) groups is 1. The number of thioether (sulfide) groups is 1. The van der Waals surface area contributed by atoms with E-state index in [1.165, 1.54) is 11.8 Å². The van der Waals surface area contributed by atoms with Crippen LogP contribution >= 0.6 is 35.0 Å². The van der Waals surface area contributed by atoms with Gasteiger partial charge in [0.1, 0.15) is 0 Å². The van der Waals surface area contributed by atoms with Gasteiger partial charge in [-0.3, -0.25) is 4.79 Å². The third kappa shape index (κ3) is 4.43. The van der Waals surface area contributed by atoms with Crippen LogP contribution in [0.1, 0.15) is 18.1 Å². The van der Waals surface area contributed by atoms with E-state index < -0.39 is 5.25 Å². The Labute approximate surface area is 171 Å². The van der Waals surface area contributed by atoms with Gasteiger partial charge in [-0.2, -0.15) is 4.68 Å². The normalized spacial score (nSPS) is 12.0. The first-order valence-electron chi connectivity index (χ1n) is 8.14. The number of hydrogen-bond donors (Lipinski definition) is 1. The number of rotatable bonds is 5. The summed E-state index contributed by atoms with van der Waals surface area (Å²) < 4.78 is 1.66. The fraction of sp³-hybridized carbons (Fsp3) is 0.222. The van der Waals surface area contributed by atoms with Gasteiger partial charge in [0.05, 0.1) is 21.6 Å². The topological polar surface area (TPSA) is 72.7 Å². The molecule has 0 aliphatic heterocycles. The number of benzene rings is 2. The average Bonchev–Trinajstić information content (AvgIpc) is 3.05. The Bertz CT molecular complexity index is 971. The van der Waals surface area contributed by atoms with Crippen LogP contribution in [0.5, 0.6) is 0 Å². The number of nitrogens with one attached hydrogen (secondary N) is 1. The van der Waals surface area contributed by atoms with E-state index in [9.17, 15) is 4.79 Å². The highest BCUT2D eigenvalue weighted by atomic mass is 35.5. The number of hydrogen-bond acceptors (Lipinski definition) is 5. The number of anilines is 1. The molecule has 0 radical (unpaired) electrons. The number of aromatic nitrogens is 4. The maximum Gasteiger partial charge on any atom is 0.237 e. The number of tetrazole rings is 1. The smallest absolute Gasteiger partial charge is 0.237 e. The molecule has 0 saturated carbocycles. The maximum absolute atomic E-state index is 12.6. The number of carbonyl (C=O) groups excluding carboxylic acids is 1. The lowest BCUT2D eigenvalue weighted by molar-refractivity contribution is -0.115. The molecule has 1 amide bonds. The average molecular weight is 422 g/mol. The van der Waals surface area contributed by atoms with Gasteiger partial charge in [0.15, 0.2) is 0 Å². The standard InChI is InChI=1S/C18H17Cl2N5OS/c1-10-5-4-6-11(2)16(10)25-18(22-23-24-25)27-12(3)17(26)21-15-8-7-13(19)9-14(15)20/h4-9,12H,1-3H3,(H,21,26). The molecule has 0 bridgehead atoms. The molecule has 27 heavy (non-hydrogen) atoms. The van der Waals surface area contributed by atoms with Crippen LogP contribution in [0.25, 0.3) is 5.69 Å². The van der Waals surface area contributed by atoms with Gasteiger partial charge in [-0.1, -0.05) is 53.2 Å². The Morgan fingerprint density at radius 1 is 1.19 bits per heavy atom. The summed E-state index contributed by atoms with van der Waals surface area (Å²) in [5.74, 6) is -0.208. The zero-order valence-electron chi connectivity index (χ0n) is 14.9. The van der Waals surface area contributed by atoms with Crippen molar-refractivity contribution in [1.82, 2.24) is 20.2 Å². The fourth-order valence-corrected chi connectivity index (χ4v) is 3.82. The largest absolute Gasteiger partial charge is 0.324 e. The van der Waals surface area contributed by atoms with Gasteiger partial charge in [0.2, 0.25) is 11.1 Å². The van der Waals surface area contributed by atoms with Crippen molar-refractivity contribution >= 4 is 46.6 Å². The Hall–Kier alpha value is -2.09. The molecule has 1 N–H and O–H groups in total. The van der Waals surface area contributed by atoms with E-state index in [0.717, 1.165) is 16.8 Å². The van der Waals surface area contributed by atoms with Gasteiger partial charge in [0, 0.05) is 5.02 Å². The van der Waals surface area contributed by atoms with Gasteiger partial charge in [0.25, 0.3) is 0 Å². The first kappa shape index (κ1) is 19.7. The summed E-state index contributed by atoms with van der Waals surface area (Å²) in [5.41, 5.74) is 3.52. The van der Waals surface area contributed by atoms with E-state index in [4.69, 9.17) is 23.2 Å². The van der Waals surface area contributed by atoms with Crippen molar-refractivity contribution in [3.05, 3.63) is 57.6 Å². The van der Waals surface area contributed by atoms with Crippen molar-refractivity contribution < 1.29 is 4.79 Å². The Morgan fingerprint density at radius 2 is 1.89 bits per heavy atom. The summed E-state index contributed by atoms with van der Waals surface area (Å²) in [6.07, 6.45) is 0. The van der Waals surface area contributed by atoms with Crippen molar-refractivity contribution in [1.29, 1.82) is 0 Å². The number of aryl methyl sites for hydroxylation is 2. The first-order valence-corrected chi connectivity index (χ1v) is 9.78. The Morgan fingerprint density at radius 3 is 2.56 bits per heavy atom. The first-order chi connectivity index (χ1) is 12.9. The van der Waals surface area contributed by atoms with Crippen molar-refractivity contribution in [2.45, 2.75) is 31.2 Å². The second kappa shape index (κ2) is 8.29. The van der Waals surface area contributed by atoms with Crippen LogP contribution < -0.4 is 5.32 Å². The third-order valence-electron chi connectivity index (χ3n) is 3.93. The summed E-state index contributed by atoms with van der Waals surface area (Å²) in [7, 11) is 0. The van der Waals surface area contributed by atoms with Gasteiger partial charge in [-0.05, 0) is 60.5 Å². The lowest BCUT2D eigenvalue weighted by Crippen LogP contribution is -2.23. The molecule has 0 aliphatic rings. The molecule has 9 heteroatoms. The minimum absolute atomic E-state index is 0.208. The molecule has 2 aromatic carbocycles. The quantitative estimate of drug-likeness (QED) is 0.604. The zero-order chi connectivity index (χ0) is 19.6. The molecule has 6 nitrogen and oxygen atoms in total. The van der Waals surface area contributed by atoms with Crippen LogP contribution in [0.2, 0.25) is 10.0 Å². The van der Waals surface area contributed by atoms with Crippen LogP contribution in [0.15, 0.2) is 41.6 Å². The summed E-state index contributed by atoms with van der Waals surface area (Å²) in [4.78, 5) is 12.6. The van der Waals surface area contributed by atoms with E-state index in [-0.39, 0.29) is 5.91 Å². The van der Waals surface area contributed by atoms with Gasteiger partial charge in [-0.25, -0.2) is 0 Å². The molecule has 0 fully saturated rings. The zero-order valence-corrected chi connectivity index (χ0v) is 17.2. The molecular weight excluding hydrogens is 405 g/mol. The monoisotopic (exact) mass is 421 g/mol. The molecule has 1 atom stereocenters. The summed E-state index contributed by atoms with van der Waals surface area (Å²) in [5, 5.41) is 15.7. The van der Waals surface area contributed by atoms with Gasteiger partial charge < -0.3 is 5.32 Å². The van der Waals surface area contributed by atoms with Gasteiger partial charge >= 0.3 is 0 Å². The predicted molar refractivity (Wildman–Crippen MR) is 109 cm³/mol. The molecule has 3 rings (SSSR count). The van der Waals surface area contributed by atoms with E-state index in [0.29, 0.717) is 20.9 Å². The van der Waals surface area contributed by atoms with Crippen molar-refractivity contribution in [3.8, 4) is 5.69 Å². The summed E-state index contributed by atoms with van der Waals surface area (Å²) in [6.45, 7) is 5.78. The fourth-order valence-electron chi connectivity index (χ4n) is 2.57. The van der Waals surface area contributed by atoms with Crippen molar-refractivity contribution in [2.75, 3.05) is 5.32 Å². The molecule has 0 saturated heterocycles. The molecule has 3 aromatic rings. The Balaban J connectivity index is 1.78. The van der Waals surface area contributed by atoms with E-state index in [1.54, 1.807) is 29.8 Å². The molecule has 0 aliphatic carbocycles. The molecule has 1 unspecified atom stereocenters. The number of halogens is 2. The number of para-hydroxylation sites is 1. The third-order valence-corrected chi connectivity index (χ3v) is 5.51. The predicted octanol–water partition coefficient (Wildman–Crippen LogP) is 4.71. The van der Waals surface area contributed by atoms with Crippen molar-refractivity contribution in [3.63, 3.8) is 0 Å². The molecule has 140 valence electrons. The highest BCUT2D eigenvalue weighted by Crippen LogP contribution is 2.29. The van der Waals surface area contributed by atoms with E-state index >= 15 is 0 Å². The van der Waals surface area contributed by atoms with Crippen LogP contribution in [-0.4, -0.2) is 31.4 Å². The van der Waals surface area contributed by atoms with E-state index in [1.807, 2.05) is 32.0 Å². The van der Waals surface area contributed by atoms with Crippen LogP contribution in [0, 0.1) is 13.8 Å². The second-order valence-corrected chi connectivity index (χ2v) is 8.14. The minimum Gasteiger partial charge on any atom is -0.324 e. The van der Waals surface area contributed by atoms with Crippen molar-refractivity contribution in [2.24, 2.45) is 0 Å².